The predicted octanol–water partition coefficient (Wildman–Crippen LogP) is 3.59. The molecular formula is C15H14N2O2S. The number of aryl methyl sites for hydroxylation is 1. The molecular weight excluding hydrogens is 272 g/mol. The number of hydrogen-bond acceptors (Lipinski definition) is 4. The van der Waals surface area contributed by atoms with E-state index in [2.05, 4.69) is 18.3 Å². The first-order chi connectivity index (χ1) is 9.69. The molecule has 3 rings (SSSR count). The molecule has 1 aliphatic carbocycles. The summed E-state index contributed by atoms with van der Waals surface area (Å²) in [6.07, 6.45) is 4.52. The minimum atomic E-state index is -0.307. The molecule has 1 amide bonds. The molecule has 0 bridgehead atoms. The van der Waals surface area contributed by atoms with Crippen molar-refractivity contribution < 1.29 is 9.21 Å². The van der Waals surface area contributed by atoms with E-state index in [0.29, 0.717) is 16.5 Å². The fourth-order valence-electron chi connectivity index (χ4n) is 2.54. The Balaban J connectivity index is 1.91. The highest BCUT2D eigenvalue weighted by Gasteiger charge is 2.25. The van der Waals surface area contributed by atoms with Gasteiger partial charge in [-0.3, -0.25) is 4.79 Å². The number of rotatable bonds is 2. The van der Waals surface area contributed by atoms with Gasteiger partial charge >= 0.3 is 0 Å². The van der Waals surface area contributed by atoms with Crippen molar-refractivity contribution in [3.05, 3.63) is 40.2 Å². The van der Waals surface area contributed by atoms with Crippen molar-refractivity contribution in [3.63, 3.8) is 0 Å². The lowest BCUT2D eigenvalue weighted by Crippen LogP contribution is -2.11. The normalized spacial score (nSPS) is 17.3. The number of carbonyl (C=O) groups is 1. The van der Waals surface area contributed by atoms with Crippen LogP contribution in [0.5, 0.6) is 0 Å². The number of thiophene rings is 1. The molecule has 20 heavy (non-hydrogen) atoms. The first-order valence-corrected chi connectivity index (χ1v) is 7.40. The second kappa shape index (κ2) is 5.14. The van der Waals surface area contributed by atoms with Crippen molar-refractivity contribution in [2.75, 3.05) is 5.32 Å². The number of nitrogens with one attached hydrogen (secondary N) is 1. The van der Waals surface area contributed by atoms with Crippen LogP contribution in [0.2, 0.25) is 0 Å². The van der Waals surface area contributed by atoms with E-state index in [1.165, 1.54) is 22.5 Å². The molecule has 2 aromatic heterocycles. The smallest absolute Gasteiger partial charge is 0.291 e. The van der Waals surface area contributed by atoms with Crippen LogP contribution < -0.4 is 5.32 Å². The van der Waals surface area contributed by atoms with Crippen LogP contribution in [0.1, 0.15) is 39.9 Å². The molecule has 0 unspecified atom stereocenters. The maximum atomic E-state index is 12.0. The van der Waals surface area contributed by atoms with Crippen LogP contribution in [0.3, 0.4) is 0 Å². The Hall–Kier alpha value is -2.06. The molecule has 0 aromatic carbocycles. The summed E-state index contributed by atoms with van der Waals surface area (Å²) in [6, 6.07) is 5.52. The van der Waals surface area contributed by atoms with Crippen LogP contribution in [0.25, 0.3) is 0 Å². The van der Waals surface area contributed by atoms with Crippen molar-refractivity contribution in [2.45, 2.75) is 26.2 Å². The molecule has 0 radical (unpaired) electrons. The summed E-state index contributed by atoms with van der Waals surface area (Å²) < 4.78 is 5.07. The van der Waals surface area contributed by atoms with Crippen LogP contribution in [0.4, 0.5) is 5.00 Å². The topological polar surface area (TPSA) is 66.0 Å². The van der Waals surface area contributed by atoms with Crippen LogP contribution in [-0.2, 0) is 12.8 Å². The number of hydrogen-bond donors (Lipinski definition) is 1. The Morgan fingerprint density at radius 3 is 3.15 bits per heavy atom. The first kappa shape index (κ1) is 12.9. The molecule has 2 heterocycles. The lowest BCUT2D eigenvalue weighted by atomic mass is 9.88. The first-order valence-electron chi connectivity index (χ1n) is 6.58. The van der Waals surface area contributed by atoms with E-state index < -0.39 is 0 Å². The van der Waals surface area contributed by atoms with Crippen molar-refractivity contribution in [1.82, 2.24) is 0 Å². The molecule has 0 fully saturated rings. The van der Waals surface area contributed by atoms with Gasteiger partial charge in [-0.05, 0) is 42.9 Å². The zero-order valence-electron chi connectivity index (χ0n) is 11.1. The van der Waals surface area contributed by atoms with E-state index in [1.807, 2.05) is 0 Å². The zero-order valence-corrected chi connectivity index (χ0v) is 11.9. The second-order valence-corrected chi connectivity index (χ2v) is 6.20. The fourth-order valence-corrected chi connectivity index (χ4v) is 3.73. The molecule has 1 N–H and O–H groups in total. The number of furan rings is 1. The van der Waals surface area contributed by atoms with Gasteiger partial charge in [0.05, 0.1) is 11.8 Å². The Kier molecular flexibility index (Phi) is 3.33. The molecule has 1 aliphatic rings. The van der Waals surface area contributed by atoms with E-state index in [0.717, 1.165) is 24.8 Å². The van der Waals surface area contributed by atoms with Crippen LogP contribution >= 0.6 is 11.3 Å². The summed E-state index contributed by atoms with van der Waals surface area (Å²) >= 11 is 1.52. The number of carbonyl (C=O) groups excluding carboxylic acids is 1. The van der Waals surface area contributed by atoms with Gasteiger partial charge in [0.1, 0.15) is 11.1 Å². The number of fused-ring (bicyclic) bond motifs is 1. The maximum Gasteiger partial charge on any atom is 0.291 e. The monoisotopic (exact) mass is 286 g/mol. The number of nitrogens with zero attached hydrogens (tertiary/aromatic N) is 1. The summed E-state index contributed by atoms with van der Waals surface area (Å²) in [4.78, 5) is 13.2. The average Bonchev–Trinajstić information content (AvgIpc) is 3.05. The van der Waals surface area contributed by atoms with Crippen molar-refractivity contribution >= 4 is 22.2 Å². The van der Waals surface area contributed by atoms with Gasteiger partial charge in [0.15, 0.2) is 5.76 Å². The molecule has 0 aliphatic heterocycles. The number of anilines is 1. The van der Waals surface area contributed by atoms with E-state index in [9.17, 15) is 10.1 Å². The zero-order chi connectivity index (χ0) is 14.1. The van der Waals surface area contributed by atoms with Gasteiger partial charge in [0, 0.05) is 4.88 Å². The summed E-state index contributed by atoms with van der Waals surface area (Å²) in [5, 5.41) is 12.8. The largest absolute Gasteiger partial charge is 0.459 e. The molecule has 0 saturated heterocycles. The van der Waals surface area contributed by atoms with Crippen molar-refractivity contribution in [2.24, 2.45) is 5.92 Å². The molecule has 2 aromatic rings. The van der Waals surface area contributed by atoms with E-state index >= 15 is 0 Å². The van der Waals surface area contributed by atoms with E-state index in [1.54, 1.807) is 12.1 Å². The van der Waals surface area contributed by atoms with Crippen LogP contribution in [0.15, 0.2) is 22.8 Å². The summed E-state index contributed by atoms with van der Waals surface area (Å²) in [5.41, 5.74) is 1.74. The van der Waals surface area contributed by atoms with Crippen LogP contribution in [0, 0.1) is 17.2 Å². The minimum Gasteiger partial charge on any atom is -0.459 e. The Bertz CT molecular complexity index is 680. The standard InChI is InChI=1S/C15H14N2O2S/c1-9-4-5-13-10(7-9)11(8-16)15(20-13)17-14(18)12-3-2-6-19-12/h2-3,6,9H,4-5,7H2,1H3,(H,17,18)/t9-/m0/s1. The lowest BCUT2D eigenvalue weighted by molar-refractivity contribution is 0.0997. The third-order valence-electron chi connectivity index (χ3n) is 3.59. The molecule has 1 atom stereocenters. The third kappa shape index (κ3) is 2.23. The lowest BCUT2D eigenvalue weighted by Gasteiger charge is -2.17. The highest BCUT2D eigenvalue weighted by atomic mass is 32.1. The predicted molar refractivity (Wildman–Crippen MR) is 76.9 cm³/mol. The molecule has 102 valence electrons. The van der Waals surface area contributed by atoms with Gasteiger partial charge in [-0.1, -0.05) is 6.92 Å². The Morgan fingerprint density at radius 2 is 2.45 bits per heavy atom. The Labute approximate surface area is 121 Å². The highest BCUT2D eigenvalue weighted by molar-refractivity contribution is 7.16. The van der Waals surface area contributed by atoms with Crippen LogP contribution in [-0.4, -0.2) is 5.91 Å². The number of nitriles is 1. The van der Waals surface area contributed by atoms with E-state index in [-0.39, 0.29) is 11.7 Å². The second-order valence-electron chi connectivity index (χ2n) is 5.10. The maximum absolute atomic E-state index is 12.0. The molecule has 0 saturated carbocycles. The van der Waals surface area contributed by atoms with Gasteiger partial charge in [-0.2, -0.15) is 5.26 Å². The third-order valence-corrected chi connectivity index (χ3v) is 4.80. The van der Waals surface area contributed by atoms with Gasteiger partial charge in [-0.25, -0.2) is 0 Å². The van der Waals surface area contributed by atoms with Crippen molar-refractivity contribution in [1.29, 1.82) is 5.26 Å². The van der Waals surface area contributed by atoms with Crippen molar-refractivity contribution in [3.8, 4) is 6.07 Å². The van der Waals surface area contributed by atoms with Gasteiger partial charge in [0.2, 0.25) is 0 Å². The molecule has 5 heteroatoms. The molecule has 4 nitrogen and oxygen atoms in total. The number of amides is 1. The van der Waals surface area contributed by atoms with Gasteiger partial charge < -0.3 is 9.73 Å². The Morgan fingerprint density at radius 1 is 1.60 bits per heavy atom. The average molecular weight is 286 g/mol. The summed E-state index contributed by atoms with van der Waals surface area (Å²) in [5.74, 6) is 0.546. The van der Waals surface area contributed by atoms with Gasteiger partial charge in [-0.15, -0.1) is 11.3 Å². The SMILES string of the molecule is C[C@H]1CCc2sc(NC(=O)c3ccco3)c(C#N)c2C1. The molecule has 0 spiro atoms. The minimum absolute atomic E-state index is 0.258. The fraction of sp³-hybridized carbons (Fsp3) is 0.333. The quantitative estimate of drug-likeness (QED) is 0.917. The summed E-state index contributed by atoms with van der Waals surface area (Å²) in [7, 11) is 0. The van der Waals surface area contributed by atoms with E-state index in [4.69, 9.17) is 4.42 Å². The summed E-state index contributed by atoms with van der Waals surface area (Å²) in [6.45, 7) is 2.20. The highest BCUT2D eigenvalue weighted by Crippen LogP contribution is 2.39. The van der Waals surface area contributed by atoms with Gasteiger partial charge in [0.25, 0.3) is 5.91 Å².